The molecule has 10 nitrogen and oxygen atoms in total. The first kappa shape index (κ1) is 35.4. The van der Waals surface area contributed by atoms with Crippen molar-refractivity contribution >= 4 is 36.0 Å². The number of nitrogens with one attached hydrogen (secondary N) is 2. The number of anilines is 1. The summed E-state index contributed by atoms with van der Waals surface area (Å²) < 4.78 is 63.7. The molecule has 4 atom stereocenters. The molecule has 0 amide bonds. The third-order valence-electron chi connectivity index (χ3n) is 10.1. The van der Waals surface area contributed by atoms with E-state index in [0.717, 1.165) is 67.1 Å². The van der Waals surface area contributed by atoms with Crippen LogP contribution in [0.2, 0.25) is 25.7 Å². The molecule has 3 fully saturated rings. The van der Waals surface area contributed by atoms with E-state index in [0.29, 0.717) is 30.1 Å². The number of hydrogen-bond acceptors (Lipinski definition) is 8. The zero-order chi connectivity index (χ0) is 35.3. The lowest BCUT2D eigenvalue weighted by Crippen LogP contribution is -2.33. The van der Waals surface area contributed by atoms with E-state index in [1.807, 2.05) is 18.4 Å². The minimum Gasteiger partial charge on any atom is -0.367 e. The molecule has 14 heteroatoms. The molecular weight excluding hydrogens is 664 g/mol. The van der Waals surface area contributed by atoms with Crippen LogP contribution in [-0.2, 0) is 33.5 Å². The van der Waals surface area contributed by atoms with Crippen LogP contribution in [-0.4, -0.2) is 75.9 Å². The number of aryl methyl sites for hydroxylation is 1. The van der Waals surface area contributed by atoms with Crippen molar-refractivity contribution in [1.29, 1.82) is 0 Å². The predicted octanol–water partition coefficient (Wildman–Crippen LogP) is 7.38. The van der Waals surface area contributed by atoms with Crippen LogP contribution in [0.4, 0.5) is 19.0 Å². The SMILES string of the molecule is CC1(C)O[C@@H]2C(CNCCCCc3nc4ccc(C(F)(F)F)cc4n3COCC[Si](C)(C)C)CC(n3ccc4c(NC5CC5)ncnc43)[C@@H]2O1. The van der Waals surface area contributed by atoms with Gasteiger partial charge in [-0.3, -0.25) is 0 Å². The zero-order valence-corrected chi connectivity index (χ0v) is 30.7. The molecule has 2 N–H and O–H groups in total. The van der Waals surface area contributed by atoms with E-state index in [1.54, 1.807) is 6.33 Å². The van der Waals surface area contributed by atoms with Gasteiger partial charge in [0.15, 0.2) is 5.79 Å². The minimum absolute atomic E-state index is 0.0340. The highest BCUT2D eigenvalue weighted by atomic mass is 28.3. The second kappa shape index (κ2) is 13.8. The number of nitrogens with zero attached hydrogens (tertiary/aromatic N) is 5. The highest BCUT2D eigenvalue weighted by Crippen LogP contribution is 2.47. The first-order chi connectivity index (χ1) is 23.8. The lowest BCUT2D eigenvalue weighted by molar-refractivity contribution is -0.160. The minimum atomic E-state index is -4.42. The first-order valence-corrected chi connectivity index (χ1v) is 21.7. The van der Waals surface area contributed by atoms with E-state index >= 15 is 0 Å². The number of unbranched alkanes of at least 4 members (excludes halogenated alkanes) is 1. The summed E-state index contributed by atoms with van der Waals surface area (Å²) in [6.07, 6.45) is 4.86. The maximum absolute atomic E-state index is 13.6. The Labute approximate surface area is 292 Å². The number of fused-ring (bicyclic) bond motifs is 3. The first-order valence-electron chi connectivity index (χ1n) is 18.0. The largest absolute Gasteiger partial charge is 0.416 e. The summed E-state index contributed by atoms with van der Waals surface area (Å²) >= 11 is 0. The fraction of sp³-hybridized carbons (Fsp3) is 0.639. The molecule has 3 aromatic heterocycles. The van der Waals surface area contributed by atoms with Crippen LogP contribution >= 0.6 is 0 Å². The van der Waals surface area contributed by atoms with Crippen LogP contribution in [0.25, 0.3) is 22.1 Å². The normalized spacial score (nSPS) is 23.7. The molecule has 0 bridgehead atoms. The Morgan fingerprint density at radius 3 is 2.62 bits per heavy atom. The molecular formula is C36H50F3N7O3Si. The van der Waals surface area contributed by atoms with Crippen molar-refractivity contribution < 1.29 is 27.4 Å². The Morgan fingerprint density at radius 1 is 1.06 bits per heavy atom. The molecule has 7 rings (SSSR count). The van der Waals surface area contributed by atoms with Crippen molar-refractivity contribution in [2.45, 2.75) is 121 Å². The van der Waals surface area contributed by atoms with Crippen LogP contribution in [0.3, 0.4) is 0 Å². The quantitative estimate of drug-likeness (QED) is 0.0973. The monoisotopic (exact) mass is 713 g/mol. The number of aromatic nitrogens is 5. The second-order valence-corrected chi connectivity index (χ2v) is 21.5. The molecule has 0 radical (unpaired) electrons. The maximum atomic E-state index is 13.6. The van der Waals surface area contributed by atoms with Gasteiger partial charge in [0.05, 0.1) is 34.1 Å². The second-order valence-electron chi connectivity index (χ2n) is 15.9. The van der Waals surface area contributed by atoms with Crippen molar-refractivity contribution in [3.05, 3.63) is 48.2 Å². The number of hydrogen-bond donors (Lipinski definition) is 2. The molecule has 1 saturated heterocycles. The molecule has 3 aliphatic rings. The van der Waals surface area contributed by atoms with E-state index in [1.165, 1.54) is 25.0 Å². The highest BCUT2D eigenvalue weighted by Gasteiger charge is 2.54. The smallest absolute Gasteiger partial charge is 0.367 e. The van der Waals surface area contributed by atoms with Crippen LogP contribution in [0.15, 0.2) is 36.8 Å². The number of benzene rings is 1. The van der Waals surface area contributed by atoms with Gasteiger partial charge in [0.25, 0.3) is 0 Å². The van der Waals surface area contributed by atoms with Gasteiger partial charge in [0.2, 0.25) is 0 Å². The standard InChI is InChI=1S/C36H50F3N7O3Si/c1-35(2)48-31-23(18-29(32(31)49-35)45-15-13-26-33(43-25-10-11-25)41-21-42-34(26)45)20-40-14-7-6-8-30-44-27-12-9-24(36(37,38)39)19-28(27)46(30)22-47-16-17-50(3,4)5/h9,12-13,15,19,21,23,25,29,31-32,40H,6-8,10-11,14,16-18,20,22H2,1-5H3,(H,41,42,43)/t23?,29?,31-,32+/m1/s1. The fourth-order valence-electron chi connectivity index (χ4n) is 7.34. The fourth-order valence-corrected chi connectivity index (χ4v) is 8.10. The lowest BCUT2D eigenvalue weighted by atomic mass is 10.1. The van der Waals surface area contributed by atoms with Gasteiger partial charge in [-0.15, -0.1) is 0 Å². The van der Waals surface area contributed by atoms with Crippen molar-refractivity contribution in [2.75, 3.05) is 25.0 Å². The Kier molecular flexibility index (Phi) is 9.78. The molecule has 4 aromatic rings. The Bertz CT molecular complexity index is 1800. The van der Waals surface area contributed by atoms with Crippen LogP contribution in [0, 0.1) is 5.92 Å². The number of ether oxygens (including phenoxy) is 3. The third-order valence-corrected chi connectivity index (χ3v) is 11.8. The molecule has 272 valence electrons. The molecule has 2 aliphatic carbocycles. The van der Waals surface area contributed by atoms with E-state index in [2.05, 4.69) is 57.1 Å². The number of halogens is 3. The number of imidazole rings is 1. The van der Waals surface area contributed by atoms with Crippen molar-refractivity contribution in [3.8, 4) is 0 Å². The zero-order valence-electron chi connectivity index (χ0n) is 29.7. The lowest BCUT2D eigenvalue weighted by Gasteiger charge is -2.24. The van der Waals surface area contributed by atoms with Crippen LogP contribution < -0.4 is 10.6 Å². The van der Waals surface area contributed by atoms with Crippen LogP contribution in [0.5, 0.6) is 0 Å². The molecule has 0 spiro atoms. The topological polar surface area (TPSA) is 100 Å². The summed E-state index contributed by atoms with van der Waals surface area (Å²) in [5.74, 6) is 1.25. The average molecular weight is 714 g/mol. The average Bonchev–Trinajstić information content (AvgIpc) is 3.35. The Morgan fingerprint density at radius 2 is 1.86 bits per heavy atom. The summed E-state index contributed by atoms with van der Waals surface area (Å²) in [6.45, 7) is 13.2. The summed E-state index contributed by atoms with van der Waals surface area (Å²) in [5.41, 5.74) is 1.26. The van der Waals surface area contributed by atoms with E-state index in [9.17, 15) is 13.2 Å². The Hall–Kier alpha value is -3.04. The van der Waals surface area contributed by atoms with E-state index < -0.39 is 25.6 Å². The number of rotatable bonds is 15. The van der Waals surface area contributed by atoms with Gasteiger partial charge in [0.1, 0.15) is 36.5 Å². The van der Waals surface area contributed by atoms with E-state index in [-0.39, 0.29) is 30.9 Å². The third kappa shape index (κ3) is 7.89. The Balaban J connectivity index is 0.966. The van der Waals surface area contributed by atoms with E-state index in [4.69, 9.17) is 19.2 Å². The van der Waals surface area contributed by atoms with Gasteiger partial charge < -0.3 is 34.0 Å². The van der Waals surface area contributed by atoms with Gasteiger partial charge in [-0.25, -0.2) is 15.0 Å². The molecule has 1 aliphatic heterocycles. The summed E-state index contributed by atoms with van der Waals surface area (Å²) in [7, 11) is -1.30. The molecule has 1 aromatic carbocycles. The summed E-state index contributed by atoms with van der Waals surface area (Å²) in [6, 6.07) is 7.45. The molecule has 2 saturated carbocycles. The van der Waals surface area contributed by atoms with Gasteiger partial charge in [-0.2, -0.15) is 13.2 Å². The number of alkyl halides is 3. The molecule has 2 unspecified atom stereocenters. The molecule has 50 heavy (non-hydrogen) atoms. The predicted molar refractivity (Wildman–Crippen MR) is 190 cm³/mol. The summed E-state index contributed by atoms with van der Waals surface area (Å²) in [5, 5.41) is 8.23. The van der Waals surface area contributed by atoms with Crippen molar-refractivity contribution in [2.24, 2.45) is 5.92 Å². The van der Waals surface area contributed by atoms with Crippen LogP contribution in [0.1, 0.15) is 63.4 Å². The van der Waals surface area contributed by atoms with Gasteiger partial charge in [-0.1, -0.05) is 19.6 Å². The maximum Gasteiger partial charge on any atom is 0.416 e. The van der Waals surface area contributed by atoms with Gasteiger partial charge in [-0.05, 0) is 82.8 Å². The van der Waals surface area contributed by atoms with Gasteiger partial charge >= 0.3 is 6.18 Å². The van der Waals surface area contributed by atoms with Gasteiger partial charge in [0, 0.05) is 45.8 Å². The van der Waals surface area contributed by atoms with Crippen molar-refractivity contribution in [3.63, 3.8) is 0 Å². The van der Waals surface area contributed by atoms with Crippen molar-refractivity contribution in [1.82, 2.24) is 29.4 Å². The molecule has 4 heterocycles. The highest BCUT2D eigenvalue weighted by molar-refractivity contribution is 6.76. The summed E-state index contributed by atoms with van der Waals surface area (Å²) in [4.78, 5) is 13.9.